The Morgan fingerprint density at radius 2 is 1.07 bits per heavy atom. The minimum absolute atomic E-state index is 0.922. The molecule has 0 aliphatic carbocycles. The zero-order valence-electron chi connectivity index (χ0n) is 15.1. The van der Waals surface area contributed by atoms with Crippen molar-refractivity contribution in [3.8, 4) is 22.3 Å². The third-order valence-electron chi connectivity index (χ3n) is 5.08. The van der Waals surface area contributed by atoms with Gasteiger partial charge in [0.1, 0.15) is 11.2 Å². The lowest BCUT2D eigenvalue weighted by Gasteiger charge is -2.04. The summed E-state index contributed by atoms with van der Waals surface area (Å²) in [5, 5.41) is 5.47. The third kappa shape index (κ3) is 2.76. The SMILES string of the molecule is CNc1ccc(-c2ccc3oc4ccc(-c5ccccc5)cc4c3c2)cc1. The summed E-state index contributed by atoms with van der Waals surface area (Å²) >= 11 is 0. The normalized spacial score (nSPS) is 11.1. The van der Waals surface area contributed by atoms with E-state index in [9.17, 15) is 0 Å². The maximum Gasteiger partial charge on any atom is 0.135 e. The average molecular weight is 349 g/mol. The zero-order chi connectivity index (χ0) is 18.2. The molecular formula is C25H19NO. The maximum atomic E-state index is 6.06. The summed E-state index contributed by atoms with van der Waals surface area (Å²) in [7, 11) is 1.93. The molecule has 0 spiro atoms. The van der Waals surface area contributed by atoms with Gasteiger partial charge in [0.15, 0.2) is 0 Å². The molecule has 5 rings (SSSR count). The number of furan rings is 1. The molecule has 5 aromatic rings. The van der Waals surface area contributed by atoms with E-state index in [-0.39, 0.29) is 0 Å². The van der Waals surface area contributed by atoms with Gasteiger partial charge in [-0.05, 0) is 58.7 Å². The van der Waals surface area contributed by atoms with Crippen molar-refractivity contribution in [2.24, 2.45) is 0 Å². The first-order valence-electron chi connectivity index (χ1n) is 9.12. The molecule has 1 aromatic heterocycles. The van der Waals surface area contributed by atoms with Crippen molar-refractivity contribution in [2.45, 2.75) is 0 Å². The van der Waals surface area contributed by atoms with Crippen LogP contribution in [0, 0.1) is 0 Å². The van der Waals surface area contributed by atoms with Gasteiger partial charge in [-0.2, -0.15) is 0 Å². The number of benzene rings is 4. The van der Waals surface area contributed by atoms with Gasteiger partial charge >= 0.3 is 0 Å². The molecule has 0 amide bonds. The van der Waals surface area contributed by atoms with Gasteiger partial charge < -0.3 is 9.73 Å². The lowest BCUT2D eigenvalue weighted by Crippen LogP contribution is -1.86. The Morgan fingerprint density at radius 3 is 1.63 bits per heavy atom. The van der Waals surface area contributed by atoms with Crippen LogP contribution in [0.3, 0.4) is 0 Å². The van der Waals surface area contributed by atoms with Gasteiger partial charge in [0.05, 0.1) is 0 Å². The van der Waals surface area contributed by atoms with E-state index in [1.807, 2.05) is 13.1 Å². The van der Waals surface area contributed by atoms with E-state index >= 15 is 0 Å². The number of hydrogen-bond acceptors (Lipinski definition) is 2. The highest BCUT2D eigenvalue weighted by molar-refractivity contribution is 6.07. The number of anilines is 1. The van der Waals surface area contributed by atoms with E-state index in [0.29, 0.717) is 0 Å². The van der Waals surface area contributed by atoms with E-state index in [1.165, 1.54) is 22.3 Å². The summed E-state index contributed by atoms with van der Waals surface area (Å²) in [6.45, 7) is 0. The Balaban J connectivity index is 1.67. The van der Waals surface area contributed by atoms with Gasteiger partial charge in [0.2, 0.25) is 0 Å². The average Bonchev–Trinajstić information content (AvgIpc) is 3.11. The number of hydrogen-bond donors (Lipinski definition) is 1. The molecule has 0 aliphatic rings. The van der Waals surface area contributed by atoms with Crippen LogP contribution in [0.4, 0.5) is 5.69 Å². The van der Waals surface area contributed by atoms with Crippen molar-refractivity contribution < 1.29 is 4.42 Å². The number of nitrogens with one attached hydrogen (secondary N) is 1. The second kappa shape index (κ2) is 6.33. The van der Waals surface area contributed by atoms with Gasteiger partial charge in [-0.1, -0.05) is 54.6 Å². The van der Waals surface area contributed by atoms with Crippen molar-refractivity contribution in [2.75, 3.05) is 12.4 Å². The van der Waals surface area contributed by atoms with Gasteiger partial charge in [-0.25, -0.2) is 0 Å². The van der Waals surface area contributed by atoms with Crippen molar-refractivity contribution in [3.63, 3.8) is 0 Å². The quantitative estimate of drug-likeness (QED) is 0.381. The molecule has 0 unspecified atom stereocenters. The molecule has 0 atom stereocenters. The third-order valence-corrected chi connectivity index (χ3v) is 5.08. The molecule has 1 heterocycles. The van der Waals surface area contributed by atoms with Crippen molar-refractivity contribution in [3.05, 3.63) is 91.0 Å². The topological polar surface area (TPSA) is 25.2 Å². The number of fused-ring (bicyclic) bond motifs is 3. The molecule has 27 heavy (non-hydrogen) atoms. The lowest BCUT2D eigenvalue weighted by molar-refractivity contribution is 0.669. The van der Waals surface area contributed by atoms with Crippen LogP contribution in [0.2, 0.25) is 0 Å². The van der Waals surface area contributed by atoms with E-state index in [2.05, 4.69) is 90.2 Å². The monoisotopic (exact) mass is 349 g/mol. The minimum atomic E-state index is 0.922. The van der Waals surface area contributed by atoms with Crippen LogP contribution in [0.5, 0.6) is 0 Å². The van der Waals surface area contributed by atoms with Crippen LogP contribution in [0.15, 0.2) is 95.4 Å². The predicted octanol–water partition coefficient (Wildman–Crippen LogP) is 6.96. The zero-order valence-corrected chi connectivity index (χ0v) is 15.1. The largest absolute Gasteiger partial charge is 0.456 e. The van der Waals surface area contributed by atoms with E-state index in [0.717, 1.165) is 27.6 Å². The van der Waals surface area contributed by atoms with E-state index < -0.39 is 0 Å². The van der Waals surface area contributed by atoms with Crippen molar-refractivity contribution in [1.29, 1.82) is 0 Å². The molecule has 0 bridgehead atoms. The molecule has 0 radical (unpaired) electrons. The molecule has 2 heteroatoms. The lowest BCUT2D eigenvalue weighted by atomic mass is 10.00. The first-order chi connectivity index (χ1) is 13.3. The van der Waals surface area contributed by atoms with Gasteiger partial charge in [-0.3, -0.25) is 0 Å². The van der Waals surface area contributed by atoms with E-state index in [4.69, 9.17) is 4.42 Å². The molecule has 130 valence electrons. The first kappa shape index (κ1) is 15.7. The Kier molecular flexibility index (Phi) is 3.68. The highest BCUT2D eigenvalue weighted by atomic mass is 16.3. The maximum absolute atomic E-state index is 6.06. The molecule has 0 fully saturated rings. The van der Waals surface area contributed by atoms with Crippen molar-refractivity contribution in [1.82, 2.24) is 0 Å². The van der Waals surface area contributed by atoms with Crippen molar-refractivity contribution >= 4 is 27.6 Å². The predicted molar refractivity (Wildman–Crippen MR) is 114 cm³/mol. The van der Waals surface area contributed by atoms with Crippen LogP contribution in [0.25, 0.3) is 44.2 Å². The summed E-state index contributed by atoms with van der Waals surface area (Å²) in [6.07, 6.45) is 0. The standard InChI is InChI=1S/C25H19NO/c1-26-21-11-7-18(8-12-21)20-10-14-25-23(16-20)22-15-19(9-13-24(22)27-25)17-5-3-2-4-6-17/h2-16,26H,1H3. The van der Waals surface area contributed by atoms with Crippen LogP contribution >= 0.6 is 0 Å². The smallest absolute Gasteiger partial charge is 0.135 e. The van der Waals surface area contributed by atoms with Gasteiger partial charge in [0.25, 0.3) is 0 Å². The van der Waals surface area contributed by atoms with Crippen LogP contribution in [-0.4, -0.2) is 7.05 Å². The van der Waals surface area contributed by atoms with E-state index in [1.54, 1.807) is 0 Å². The van der Waals surface area contributed by atoms with Gasteiger partial charge in [-0.15, -0.1) is 0 Å². The summed E-state index contributed by atoms with van der Waals surface area (Å²) in [6, 6.07) is 31.8. The number of rotatable bonds is 3. The summed E-state index contributed by atoms with van der Waals surface area (Å²) in [5.74, 6) is 0. The Hall–Kier alpha value is -3.52. The first-order valence-corrected chi connectivity index (χ1v) is 9.12. The van der Waals surface area contributed by atoms with Crippen LogP contribution in [0.1, 0.15) is 0 Å². The fourth-order valence-corrected chi connectivity index (χ4v) is 3.60. The Bertz CT molecular complexity index is 1230. The molecule has 1 N–H and O–H groups in total. The van der Waals surface area contributed by atoms with Gasteiger partial charge in [0, 0.05) is 23.5 Å². The second-order valence-corrected chi connectivity index (χ2v) is 6.72. The summed E-state index contributed by atoms with van der Waals surface area (Å²) in [5.41, 5.74) is 7.77. The second-order valence-electron chi connectivity index (χ2n) is 6.72. The highest BCUT2D eigenvalue weighted by Crippen LogP contribution is 2.35. The molecular weight excluding hydrogens is 330 g/mol. The fraction of sp³-hybridized carbons (Fsp3) is 0.0400. The Morgan fingerprint density at radius 1 is 0.556 bits per heavy atom. The molecule has 0 saturated heterocycles. The summed E-state index contributed by atoms with van der Waals surface area (Å²) < 4.78 is 6.06. The Labute approximate surface area is 158 Å². The van der Waals surface area contributed by atoms with Crippen LogP contribution in [-0.2, 0) is 0 Å². The molecule has 4 aromatic carbocycles. The fourth-order valence-electron chi connectivity index (χ4n) is 3.60. The molecule has 0 aliphatic heterocycles. The summed E-state index contributed by atoms with van der Waals surface area (Å²) in [4.78, 5) is 0. The minimum Gasteiger partial charge on any atom is -0.456 e. The van der Waals surface area contributed by atoms with Crippen LogP contribution < -0.4 is 5.32 Å². The molecule has 0 saturated carbocycles. The molecule has 2 nitrogen and oxygen atoms in total. The highest BCUT2D eigenvalue weighted by Gasteiger charge is 2.10.